The minimum atomic E-state index is -0.539. The Morgan fingerprint density at radius 3 is 2.85 bits per heavy atom. The van der Waals surface area contributed by atoms with Crippen LogP contribution in [-0.2, 0) is 13.0 Å². The summed E-state index contributed by atoms with van der Waals surface area (Å²) in [5.74, 6) is 0.380. The molecule has 8 nitrogen and oxygen atoms in total. The molecule has 1 aromatic carbocycles. The number of amides is 1. The van der Waals surface area contributed by atoms with Crippen molar-refractivity contribution in [2.75, 3.05) is 23.8 Å². The number of hydrogen-bond donors (Lipinski definition) is 2. The van der Waals surface area contributed by atoms with Crippen molar-refractivity contribution in [3.05, 3.63) is 70.9 Å². The highest BCUT2D eigenvalue weighted by Gasteiger charge is 2.25. The summed E-state index contributed by atoms with van der Waals surface area (Å²) >= 11 is 0. The quantitative estimate of drug-likeness (QED) is 0.489. The van der Waals surface area contributed by atoms with Crippen LogP contribution in [0.2, 0.25) is 0 Å². The number of nitrogens with one attached hydrogen (secondary N) is 1. The lowest BCUT2D eigenvalue weighted by Gasteiger charge is -2.29. The fraction of sp³-hybridized carbons (Fsp3) is 0.250. The molecule has 0 aliphatic carbocycles. The summed E-state index contributed by atoms with van der Waals surface area (Å²) in [6, 6.07) is 9.91. The van der Waals surface area contributed by atoms with Gasteiger partial charge in [0.25, 0.3) is 5.91 Å². The van der Waals surface area contributed by atoms with Crippen LogP contribution in [0.4, 0.5) is 15.9 Å². The van der Waals surface area contributed by atoms with Gasteiger partial charge in [0.1, 0.15) is 22.8 Å². The van der Waals surface area contributed by atoms with Gasteiger partial charge in [-0.25, -0.2) is 19.3 Å². The molecule has 0 saturated heterocycles. The van der Waals surface area contributed by atoms with Crippen molar-refractivity contribution in [2.24, 2.45) is 5.73 Å². The first-order valence-electron chi connectivity index (χ1n) is 10.8. The Morgan fingerprint density at radius 1 is 1.21 bits per heavy atom. The van der Waals surface area contributed by atoms with Crippen molar-refractivity contribution < 1.29 is 9.18 Å². The second-order valence-corrected chi connectivity index (χ2v) is 8.23. The maximum atomic E-state index is 13.7. The van der Waals surface area contributed by atoms with Crippen LogP contribution in [0.25, 0.3) is 17.2 Å². The molecule has 9 heteroatoms. The van der Waals surface area contributed by atoms with E-state index in [2.05, 4.69) is 15.2 Å². The molecule has 0 unspecified atom stereocenters. The monoisotopic (exact) mass is 445 g/mol. The van der Waals surface area contributed by atoms with Gasteiger partial charge in [0.2, 0.25) is 0 Å². The van der Waals surface area contributed by atoms with Crippen LogP contribution in [-0.4, -0.2) is 38.9 Å². The van der Waals surface area contributed by atoms with E-state index in [4.69, 9.17) is 15.7 Å². The summed E-state index contributed by atoms with van der Waals surface area (Å²) in [5.41, 5.74) is 10.5. The summed E-state index contributed by atoms with van der Waals surface area (Å²) in [4.78, 5) is 28.4. The molecule has 0 bridgehead atoms. The van der Waals surface area contributed by atoms with Gasteiger partial charge >= 0.3 is 0 Å². The third-order valence-electron chi connectivity index (χ3n) is 5.90. The predicted octanol–water partition coefficient (Wildman–Crippen LogP) is 3.33. The number of primary amides is 1. The van der Waals surface area contributed by atoms with Gasteiger partial charge in [-0.3, -0.25) is 9.20 Å². The van der Waals surface area contributed by atoms with E-state index in [-0.39, 0.29) is 5.82 Å². The van der Waals surface area contributed by atoms with E-state index in [1.807, 2.05) is 26.2 Å². The summed E-state index contributed by atoms with van der Waals surface area (Å²) < 4.78 is 15.5. The summed E-state index contributed by atoms with van der Waals surface area (Å²) in [6.07, 6.45) is 3.64. The smallest absolute Gasteiger partial charge is 0.252 e. The Balaban J connectivity index is 1.64. The maximum Gasteiger partial charge on any atom is 0.252 e. The number of pyridine rings is 1. The van der Waals surface area contributed by atoms with Crippen LogP contribution in [0.1, 0.15) is 33.7 Å². The molecule has 168 valence electrons. The van der Waals surface area contributed by atoms with Crippen molar-refractivity contribution in [2.45, 2.75) is 26.3 Å². The second-order valence-electron chi connectivity index (χ2n) is 8.23. The number of carbonyl (C=O) groups excluding carboxylic acids is 1. The Hall–Kier alpha value is -4.01. The molecule has 4 heterocycles. The van der Waals surface area contributed by atoms with E-state index in [0.717, 1.165) is 36.3 Å². The highest BCUT2D eigenvalue weighted by molar-refractivity contribution is 5.99. The van der Waals surface area contributed by atoms with Crippen LogP contribution in [0.15, 0.2) is 42.6 Å². The lowest BCUT2D eigenvalue weighted by molar-refractivity contribution is 0.100. The van der Waals surface area contributed by atoms with Crippen molar-refractivity contribution in [1.82, 2.24) is 19.4 Å². The molecular formula is C24H24FN7O. The van der Waals surface area contributed by atoms with Crippen molar-refractivity contribution in [3.8, 4) is 11.5 Å². The third kappa shape index (κ3) is 3.75. The minimum absolute atomic E-state index is 0.275. The van der Waals surface area contributed by atoms with Crippen LogP contribution >= 0.6 is 0 Å². The number of carbonyl (C=O) groups is 1. The van der Waals surface area contributed by atoms with Crippen molar-refractivity contribution in [3.63, 3.8) is 0 Å². The number of fused-ring (bicyclic) bond motifs is 2. The Kier molecular flexibility index (Phi) is 5.16. The first-order chi connectivity index (χ1) is 15.9. The van der Waals surface area contributed by atoms with Gasteiger partial charge in [0.05, 0.1) is 17.0 Å². The molecule has 1 aliphatic heterocycles. The number of benzene rings is 1. The summed E-state index contributed by atoms with van der Waals surface area (Å²) in [5, 5.41) is 3.38. The highest BCUT2D eigenvalue weighted by atomic mass is 19.1. The number of halogens is 1. The molecule has 5 rings (SSSR count). The molecule has 0 fully saturated rings. The van der Waals surface area contributed by atoms with Crippen LogP contribution in [0.5, 0.6) is 0 Å². The van der Waals surface area contributed by atoms with Gasteiger partial charge in [-0.1, -0.05) is 12.1 Å². The molecule has 4 aromatic rings. The van der Waals surface area contributed by atoms with Crippen LogP contribution in [0.3, 0.4) is 0 Å². The maximum absolute atomic E-state index is 13.7. The molecule has 33 heavy (non-hydrogen) atoms. The molecule has 3 aromatic heterocycles. The first kappa shape index (κ1) is 20.9. The Labute approximate surface area is 190 Å². The molecule has 1 aliphatic rings. The lowest BCUT2D eigenvalue weighted by Crippen LogP contribution is -2.27. The number of aromatic nitrogens is 4. The van der Waals surface area contributed by atoms with Crippen LogP contribution in [0, 0.1) is 12.7 Å². The van der Waals surface area contributed by atoms with Gasteiger partial charge in [-0.05, 0) is 49.6 Å². The standard InChI is InChI=1S/C24H24FN7O/c1-14-19(32-11-4-8-17(21(26)33)24(32)28-14)23-29-18-9-5-10-31(2)20(18)22(30-23)27-13-15-6-3-7-16(25)12-15/h3-4,6-8,11-12H,5,9-10,13H2,1-2H3,(H2,26,33)(H,27,29,30). The van der Waals surface area contributed by atoms with E-state index < -0.39 is 5.91 Å². The number of anilines is 2. The average Bonchev–Trinajstić information content (AvgIpc) is 3.13. The minimum Gasteiger partial charge on any atom is -0.370 e. The van der Waals surface area contributed by atoms with Gasteiger partial charge in [0.15, 0.2) is 11.6 Å². The normalized spacial score (nSPS) is 13.2. The molecule has 0 saturated carbocycles. The van der Waals surface area contributed by atoms with E-state index in [9.17, 15) is 9.18 Å². The van der Waals surface area contributed by atoms with E-state index >= 15 is 0 Å². The molecular weight excluding hydrogens is 421 g/mol. The molecule has 3 N–H and O–H groups in total. The molecule has 1 amide bonds. The Bertz CT molecular complexity index is 1380. The first-order valence-corrected chi connectivity index (χ1v) is 10.8. The fourth-order valence-electron chi connectivity index (χ4n) is 4.38. The predicted molar refractivity (Wildman–Crippen MR) is 125 cm³/mol. The number of nitrogens with two attached hydrogens (primary N) is 1. The van der Waals surface area contributed by atoms with E-state index in [0.29, 0.717) is 40.8 Å². The number of nitrogens with zero attached hydrogens (tertiary/aromatic N) is 5. The SMILES string of the molecule is Cc1nc2c(C(N)=O)cccn2c1-c1nc2c(c(NCc3cccc(F)c3)n1)N(C)CCC2. The zero-order valence-electron chi connectivity index (χ0n) is 18.5. The zero-order valence-corrected chi connectivity index (χ0v) is 18.5. The zero-order chi connectivity index (χ0) is 23.1. The molecule has 0 atom stereocenters. The number of aryl methyl sites for hydroxylation is 2. The molecule has 0 spiro atoms. The van der Waals surface area contributed by atoms with E-state index in [1.54, 1.807) is 22.6 Å². The molecule has 0 radical (unpaired) electrons. The van der Waals surface area contributed by atoms with Gasteiger partial charge in [0, 0.05) is 26.3 Å². The largest absolute Gasteiger partial charge is 0.370 e. The van der Waals surface area contributed by atoms with Gasteiger partial charge < -0.3 is 16.0 Å². The van der Waals surface area contributed by atoms with Crippen molar-refractivity contribution in [1.29, 1.82) is 0 Å². The number of imidazole rings is 1. The Morgan fingerprint density at radius 2 is 2.06 bits per heavy atom. The summed E-state index contributed by atoms with van der Waals surface area (Å²) in [7, 11) is 2.02. The third-order valence-corrected chi connectivity index (χ3v) is 5.90. The van der Waals surface area contributed by atoms with Gasteiger partial charge in [-0.2, -0.15) is 0 Å². The van der Waals surface area contributed by atoms with Crippen LogP contribution < -0.4 is 16.0 Å². The highest BCUT2D eigenvalue weighted by Crippen LogP contribution is 2.35. The van der Waals surface area contributed by atoms with Crippen molar-refractivity contribution >= 4 is 23.1 Å². The average molecular weight is 446 g/mol. The van der Waals surface area contributed by atoms with Gasteiger partial charge in [-0.15, -0.1) is 0 Å². The lowest BCUT2D eigenvalue weighted by atomic mass is 10.1. The number of hydrogen-bond acceptors (Lipinski definition) is 6. The summed E-state index contributed by atoms with van der Waals surface area (Å²) in [6.45, 7) is 3.19. The number of rotatable bonds is 5. The topological polar surface area (TPSA) is 101 Å². The second kappa shape index (κ2) is 8.16. The van der Waals surface area contributed by atoms with E-state index in [1.165, 1.54) is 12.1 Å². The fourth-order valence-corrected chi connectivity index (χ4v) is 4.38.